The lowest BCUT2D eigenvalue weighted by molar-refractivity contribution is -0.154. The Hall–Kier alpha value is -2.29. The highest BCUT2D eigenvalue weighted by Gasteiger charge is 2.29. The molecule has 0 atom stereocenters. The Labute approximate surface area is 150 Å². The van der Waals surface area contributed by atoms with Gasteiger partial charge in [0.2, 0.25) is 5.88 Å². The minimum absolute atomic E-state index is 0.0242. The Morgan fingerprint density at radius 3 is 2.56 bits per heavy atom. The number of nitrogens with zero attached hydrogens (tertiary/aromatic N) is 1. The SMILES string of the molecule is O=C(COc1ccc(Br)cc1)NCc1cccnc1OCC(F)(F)F. The van der Waals surface area contributed by atoms with Gasteiger partial charge >= 0.3 is 6.18 Å². The third-order valence-electron chi connectivity index (χ3n) is 2.88. The van der Waals surface area contributed by atoms with Gasteiger partial charge in [-0.2, -0.15) is 13.2 Å². The van der Waals surface area contributed by atoms with Crippen molar-refractivity contribution in [2.75, 3.05) is 13.2 Å². The first-order valence-corrected chi connectivity index (χ1v) is 7.91. The van der Waals surface area contributed by atoms with Gasteiger partial charge in [-0.25, -0.2) is 4.98 Å². The van der Waals surface area contributed by atoms with E-state index in [1.54, 1.807) is 30.3 Å². The zero-order chi connectivity index (χ0) is 18.3. The Balaban J connectivity index is 1.84. The van der Waals surface area contributed by atoms with Gasteiger partial charge in [0.1, 0.15) is 5.75 Å². The van der Waals surface area contributed by atoms with Crippen molar-refractivity contribution in [2.24, 2.45) is 0 Å². The topological polar surface area (TPSA) is 60.5 Å². The van der Waals surface area contributed by atoms with E-state index in [-0.39, 0.29) is 19.0 Å². The second-order valence-corrected chi connectivity index (χ2v) is 5.81. The van der Waals surface area contributed by atoms with Crippen LogP contribution >= 0.6 is 15.9 Å². The second-order valence-electron chi connectivity index (χ2n) is 4.89. The van der Waals surface area contributed by atoms with Gasteiger partial charge in [0, 0.05) is 22.8 Å². The Bertz CT molecular complexity index is 709. The molecule has 1 aromatic carbocycles. The van der Waals surface area contributed by atoms with Crippen LogP contribution in [0.5, 0.6) is 11.6 Å². The van der Waals surface area contributed by atoms with E-state index in [9.17, 15) is 18.0 Å². The smallest absolute Gasteiger partial charge is 0.422 e. The Morgan fingerprint density at radius 2 is 1.88 bits per heavy atom. The fourth-order valence-electron chi connectivity index (χ4n) is 1.76. The number of halogens is 4. The predicted octanol–water partition coefficient (Wildman–Crippen LogP) is 3.48. The summed E-state index contributed by atoms with van der Waals surface area (Å²) in [5.41, 5.74) is 0.337. The molecule has 134 valence electrons. The van der Waals surface area contributed by atoms with Crippen LogP contribution in [0.2, 0.25) is 0 Å². The monoisotopic (exact) mass is 418 g/mol. The van der Waals surface area contributed by atoms with Crippen LogP contribution in [0.3, 0.4) is 0 Å². The number of carbonyl (C=O) groups is 1. The summed E-state index contributed by atoms with van der Waals surface area (Å²) in [6.07, 6.45) is -3.15. The number of nitrogens with one attached hydrogen (secondary N) is 1. The lowest BCUT2D eigenvalue weighted by Crippen LogP contribution is -2.29. The molecule has 0 spiro atoms. The van der Waals surface area contributed by atoms with E-state index in [0.29, 0.717) is 11.3 Å². The summed E-state index contributed by atoms with van der Waals surface area (Å²) in [5.74, 6) is -0.0728. The van der Waals surface area contributed by atoms with E-state index < -0.39 is 18.7 Å². The molecular weight excluding hydrogens is 405 g/mol. The van der Waals surface area contributed by atoms with Crippen LogP contribution in [0.4, 0.5) is 13.2 Å². The highest BCUT2D eigenvalue weighted by Crippen LogP contribution is 2.20. The van der Waals surface area contributed by atoms with E-state index in [1.807, 2.05) is 0 Å². The van der Waals surface area contributed by atoms with E-state index >= 15 is 0 Å². The number of ether oxygens (including phenoxy) is 2. The normalized spacial score (nSPS) is 11.0. The molecule has 0 aliphatic heterocycles. The third-order valence-corrected chi connectivity index (χ3v) is 3.41. The largest absolute Gasteiger partial charge is 0.484 e. The molecule has 0 saturated carbocycles. The number of pyridine rings is 1. The Kier molecular flexibility index (Phi) is 6.63. The molecule has 2 aromatic rings. The van der Waals surface area contributed by atoms with E-state index in [2.05, 4.69) is 31.0 Å². The minimum Gasteiger partial charge on any atom is -0.484 e. The van der Waals surface area contributed by atoms with Gasteiger partial charge in [-0.15, -0.1) is 0 Å². The summed E-state index contributed by atoms with van der Waals surface area (Å²) in [4.78, 5) is 15.6. The van der Waals surface area contributed by atoms with Crippen molar-refractivity contribution in [3.05, 3.63) is 52.6 Å². The molecule has 0 aliphatic rings. The first kappa shape index (κ1) is 19.0. The van der Waals surface area contributed by atoms with Crippen molar-refractivity contribution >= 4 is 21.8 Å². The third kappa shape index (κ3) is 7.00. The van der Waals surface area contributed by atoms with Crippen LogP contribution in [-0.2, 0) is 11.3 Å². The number of benzene rings is 1. The zero-order valence-corrected chi connectivity index (χ0v) is 14.4. The predicted molar refractivity (Wildman–Crippen MR) is 87.3 cm³/mol. The summed E-state index contributed by atoms with van der Waals surface area (Å²) in [6, 6.07) is 10.00. The molecule has 0 radical (unpaired) electrons. The minimum atomic E-state index is -4.46. The van der Waals surface area contributed by atoms with Crippen LogP contribution in [0, 0.1) is 0 Å². The van der Waals surface area contributed by atoms with Gasteiger partial charge in [0.15, 0.2) is 13.2 Å². The van der Waals surface area contributed by atoms with Gasteiger partial charge in [0.25, 0.3) is 5.91 Å². The fraction of sp³-hybridized carbons (Fsp3) is 0.250. The maximum Gasteiger partial charge on any atom is 0.422 e. The van der Waals surface area contributed by atoms with Gasteiger partial charge in [-0.05, 0) is 30.3 Å². The first-order chi connectivity index (χ1) is 11.8. The molecule has 0 unspecified atom stereocenters. The number of rotatable bonds is 7. The van der Waals surface area contributed by atoms with E-state index in [0.717, 1.165) is 4.47 Å². The summed E-state index contributed by atoms with van der Waals surface area (Å²) in [5, 5.41) is 2.54. The quantitative estimate of drug-likeness (QED) is 0.747. The summed E-state index contributed by atoms with van der Waals surface area (Å²) in [7, 11) is 0. The molecule has 1 aromatic heterocycles. The summed E-state index contributed by atoms with van der Waals surface area (Å²) in [6.45, 7) is -1.69. The highest BCUT2D eigenvalue weighted by atomic mass is 79.9. The van der Waals surface area contributed by atoms with Crippen molar-refractivity contribution in [1.29, 1.82) is 0 Å². The number of aromatic nitrogens is 1. The lowest BCUT2D eigenvalue weighted by Gasteiger charge is -2.12. The van der Waals surface area contributed by atoms with Crippen molar-refractivity contribution in [2.45, 2.75) is 12.7 Å². The molecule has 1 heterocycles. The molecule has 0 saturated heterocycles. The van der Waals surface area contributed by atoms with Crippen molar-refractivity contribution in [3.63, 3.8) is 0 Å². The molecule has 25 heavy (non-hydrogen) atoms. The van der Waals surface area contributed by atoms with E-state index in [1.165, 1.54) is 12.3 Å². The van der Waals surface area contributed by atoms with Crippen LogP contribution in [-0.4, -0.2) is 30.3 Å². The zero-order valence-electron chi connectivity index (χ0n) is 12.8. The highest BCUT2D eigenvalue weighted by molar-refractivity contribution is 9.10. The van der Waals surface area contributed by atoms with Crippen LogP contribution < -0.4 is 14.8 Å². The molecule has 1 N–H and O–H groups in total. The average Bonchev–Trinajstić information content (AvgIpc) is 2.57. The van der Waals surface area contributed by atoms with Crippen molar-refractivity contribution in [3.8, 4) is 11.6 Å². The molecular formula is C16H14BrF3N2O3. The first-order valence-electron chi connectivity index (χ1n) is 7.12. The summed E-state index contributed by atoms with van der Waals surface area (Å²) >= 11 is 3.28. The van der Waals surface area contributed by atoms with Gasteiger partial charge < -0.3 is 14.8 Å². The summed E-state index contributed by atoms with van der Waals surface area (Å²) < 4.78 is 47.5. The number of amides is 1. The fourth-order valence-corrected chi connectivity index (χ4v) is 2.03. The number of alkyl halides is 3. The van der Waals surface area contributed by atoms with E-state index in [4.69, 9.17) is 4.74 Å². The molecule has 0 bridgehead atoms. The maximum absolute atomic E-state index is 12.2. The second kappa shape index (κ2) is 8.70. The number of hydrogen-bond acceptors (Lipinski definition) is 4. The molecule has 5 nitrogen and oxygen atoms in total. The molecule has 2 rings (SSSR count). The standard InChI is InChI=1S/C16H14BrF3N2O3/c17-12-3-5-13(6-4-12)24-9-14(23)22-8-11-2-1-7-21-15(11)25-10-16(18,19)20/h1-7H,8-10H2,(H,22,23). The molecule has 1 amide bonds. The molecule has 0 aliphatic carbocycles. The van der Waals surface area contributed by atoms with Crippen LogP contribution in [0.1, 0.15) is 5.56 Å². The maximum atomic E-state index is 12.2. The van der Waals surface area contributed by atoms with Gasteiger partial charge in [-0.3, -0.25) is 4.79 Å². The number of carbonyl (C=O) groups excluding carboxylic acids is 1. The van der Waals surface area contributed by atoms with Crippen molar-refractivity contribution < 1.29 is 27.4 Å². The molecule has 0 fully saturated rings. The Morgan fingerprint density at radius 1 is 1.16 bits per heavy atom. The van der Waals surface area contributed by atoms with Crippen LogP contribution in [0.15, 0.2) is 47.1 Å². The number of hydrogen-bond donors (Lipinski definition) is 1. The molecule has 9 heteroatoms. The lowest BCUT2D eigenvalue weighted by atomic mass is 10.2. The van der Waals surface area contributed by atoms with Gasteiger partial charge in [0.05, 0.1) is 0 Å². The van der Waals surface area contributed by atoms with Crippen LogP contribution in [0.25, 0.3) is 0 Å². The average molecular weight is 419 g/mol. The van der Waals surface area contributed by atoms with Gasteiger partial charge in [-0.1, -0.05) is 22.0 Å². The van der Waals surface area contributed by atoms with Crippen molar-refractivity contribution in [1.82, 2.24) is 10.3 Å².